The van der Waals surface area contributed by atoms with Crippen LogP contribution in [-0.4, -0.2) is 11.9 Å². The van der Waals surface area contributed by atoms with Gasteiger partial charge in [-0.25, -0.2) is 4.79 Å². The van der Waals surface area contributed by atoms with Crippen LogP contribution in [0.2, 0.25) is 0 Å². The van der Waals surface area contributed by atoms with Crippen molar-refractivity contribution >= 4 is 11.9 Å². The minimum atomic E-state index is -0.351. The van der Waals surface area contributed by atoms with Crippen LogP contribution in [0, 0.1) is 0 Å². The number of hydroxylamine groups is 1. The third-order valence-corrected chi connectivity index (χ3v) is 3.29. The maximum atomic E-state index is 11.2. The van der Waals surface area contributed by atoms with Crippen LogP contribution < -0.4 is 5.48 Å². The summed E-state index contributed by atoms with van der Waals surface area (Å²) >= 11 is 0. The van der Waals surface area contributed by atoms with Crippen LogP contribution in [0.5, 0.6) is 0 Å². The van der Waals surface area contributed by atoms with E-state index in [0.29, 0.717) is 6.42 Å². The number of hydrogen-bond acceptors (Lipinski definition) is 3. The Morgan fingerprint density at radius 3 is 1.70 bits per heavy atom. The predicted octanol–water partition coefficient (Wildman–Crippen LogP) is 4.28. The van der Waals surface area contributed by atoms with Crippen molar-refractivity contribution in [2.45, 2.75) is 90.9 Å². The summed E-state index contributed by atoms with van der Waals surface area (Å²) in [6.07, 6.45) is 14.2. The Morgan fingerprint density at radius 1 is 0.800 bits per heavy atom. The van der Waals surface area contributed by atoms with E-state index in [1.165, 1.54) is 64.7 Å². The Hall–Kier alpha value is -1.06. The minimum Gasteiger partial charge on any atom is -0.341 e. The smallest absolute Gasteiger partial charge is 0.332 e. The van der Waals surface area contributed by atoms with Crippen molar-refractivity contribution in [3.05, 3.63) is 0 Å². The molecule has 0 saturated carbocycles. The van der Waals surface area contributed by atoms with Gasteiger partial charge in [0.25, 0.3) is 0 Å². The highest BCUT2D eigenvalue weighted by Gasteiger charge is 2.03. The molecule has 0 heterocycles. The lowest BCUT2D eigenvalue weighted by molar-refractivity contribution is -0.157. The van der Waals surface area contributed by atoms with Gasteiger partial charge in [0.2, 0.25) is 5.91 Å². The van der Waals surface area contributed by atoms with Crippen molar-refractivity contribution in [3.8, 4) is 0 Å². The number of hydrogen-bond donors (Lipinski definition) is 1. The summed E-state index contributed by atoms with van der Waals surface area (Å²) in [5.74, 6) is -0.701. The third-order valence-electron chi connectivity index (χ3n) is 3.29. The molecule has 0 saturated heterocycles. The standard InChI is InChI=1S/C16H31NO3/c1-3-4-5-6-7-8-9-10-11-12-13-14-16(19)20-17-15(2)18/h3-14H2,1-2H3,(H,17,18). The summed E-state index contributed by atoms with van der Waals surface area (Å²) in [4.78, 5) is 26.2. The van der Waals surface area contributed by atoms with Crippen LogP contribution in [0.15, 0.2) is 0 Å². The molecule has 20 heavy (non-hydrogen) atoms. The molecule has 0 aromatic heterocycles. The third kappa shape index (κ3) is 15.0. The van der Waals surface area contributed by atoms with Gasteiger partial charge in [-0.15, -0.1) is 0 Å². The Bertz CT molecular complexity index is 254. The van der Waals surface area contributed by atoms with Crippen molar-refractivity contribution in [2.75, 3.05) is 0 Å². The van der Waals surface area contributed by atoms with E-state index in [1.807, 2.05) is 5.48 Å². The Labute approximate surface area is 123 Å². The van der Waals surface area contributed by atoms with Crippen molar-refractivity contribution in [1.29, 1.82) is 0 Å². The van der Waals surface area contributed by atoms with Crippen molar-refractivity contribution in [3.63, 3.8) is 0 Å². The first-order valence-electron chi connectivity index (χ1n) is 8.13. The molecule has 0 rings (SSSR count). The van der Waals surface area contributed by atoms with Crippen LogP contribution >= 0.6 is 0 Å². The predicted molar refractivity (Wildman–Crippen MR) is 81.0 cm³/mol. The Morgan fingerprint density at radius 2 is 1.25 bits per heavy atom. The summed E-state index contributed by atoms with van der Waals surface area (Å²) in [5, 5.41) is 0. The van der Waals surface area contributed by atoms with Crippen LogP contribution in [0.4, 0.5) is 0 Å². The second-order valence-corrected chi connectivity index (χ2v) is 5.42. The highest BCUT2D eigenvalue weighted by molar-refractivity contribution is 5.75. The second-order valence-electron chi connectivity index (χ2n) is 5.42. The van der Waals surface area contributed by atoms with Crippen molar-refractivity contribution < 1.29 is 14.4 Å². The summed E-state index contributed by atoms with van der Waals surface area (Å²) in [5.41, 5.74) is 2.05. The van der Waals surface area contributed by atoms with E-state index in [9.17, 15) is 9.59 Å². The zero-order valence-corrected chi connectivity index (χ0v) is 13.2. The Kier molecular flexibility index (Phi) is 13.6. The van der Waals surface area contributed by atoms with Gasteiger partial charge < -0.3 is 4.84 Å². The molecule has 0 spiro atoms. The van der Waals surface area contributed by atoms with Gasteiger partial charge in [0, 0.05) is 13.3 Å². The van der Waals surface area contributed by atoms with Crippen LogP contribution in [0.3, 0.4) is 0 Å². The molecular weight excluding hydrogens is 254 g/mol. The fourth-order valence-electron chi connectivity index (χ4n) is 2.11. The van der Waals surface area contributed by atoms with E-state index in [-0.39, 0.29) is 11.9 Å². The monoisotopic (exact) mass is 285 g/mol. The van der Waals surface area contributed by atoms with E-state index in [1.54, 1.807) is 0 Å². The summed E-state index contributed by atoms with van der Waals surface area (Å²) in [6.45, 7) is 3.56. The first-order valence-corrected chi connectivity index (χ1v) is 8.13. The van der Waals surface area contributed by atoms with Crippen LogP contribution in [0.25, 0.3) is 0 Å². The molecule has 0 aliphatic rings. The van der Waals surface area contributed by atoms with Gasteiger partial charge in [0.15, 0.2) is 0 Å². The molecule has 0 aromatic rings. The maximum Gasteiger partial charge on any atom is 0.332 e. The highest BCUT2D eigenvalue weighted by Crippen LogP contribution is 2.11. The van der Waals surface area contributed by atoms with E-state index in [2.05, 4.69) is 11.8 Å². The molecule has 0 fully saturated rings. The molecule has 4 heteroatoms. The summed E-state index contributed by atoms with van der Waals surface area (Å²) < 4.78 is 0. The molecule has 0 aliphatic carbocycles. The van der Waals surface area contributed by atoms with Gasteiger partial charge >= 0.3 is 5.97 Å². The summed E-state index contributed by atoms with van der Waals surface area (Å²) in [7, 11) is 0. The van der Waals surface area contributed by atoms with Gasteiger partial charge in [-0.1, -0.05) is 71.1 Å². The largest absolute Gasteiger partial charge is 0.341 e. The van der Waals surface area contributed by atoms with E-state index >= 15 is 0 Å². The number of amides is 1. The quantitative estimate of drug-likeness (QED) is 0.430. The van der Waals surface area contributed by atoms with Crippen molar-refractivity contribution in [2.24, 2.45) is 0 Å². The lowest BCUT2D eigenvalue weighted by Gasteiger charge is -2.04. The van der Waals surface area contributed by atoms with Crippen LogP contribution in [-0.2, 0) is 14.4 Å². The average molecular weight is 285 g/mol. The van der Waals surface area contributed by atoms with E-state index in [4.69, 9.17) is 0 Å². The van der Waals surface area contributed by atoms with Gasteiger partial charge in [-0.2, -0.15) is 5.48 Å². The molecule has 118 valence electrons. The van der Waals surface area contributed by atoms with E-state index in [0.717, 1.165) is 12.8 Å². The molecule has 0 atom stereocenters. The van der Waals surface area contributed by atoms with Gasteiger partial charge in [-0.05, 0) is 6.42 Å². The number of carbonyl (C=O) groups excluding carboxylic acids is 2. The van der Waals surface area contributed by atoms with Crippen molar-refractivity contribution in [1.82, 2.24) is 5.48 Å². The fourth-order valence-corrected chi connectivity index (χ4v) is 2.11. The molecule has 1 N–H and O–H groups in total. The lowest BCUT2D eigenvalue weighted by Crippen LogP contribution is -2.24. The fraction of sp³-hybridized carbons (Fsp3) is 0.875. The highest BCUT2D eigenvalue weighted by atomic mass is 16.7. The molecule has 4 nitrogen and oxygen atoms in total. The van der Waals surface area contributed by atoms with Gasteiger partial charge in [-0.3, -0.25) is 4.79 Å². The summed E-state index contributed by atoms with van der Waals surface area (Å²) in [6, 6.07) is 0. The minimum absolute atomic E-state index is 0.350. The molecular formula is C16H31NO3. The molecule has 0 radical (unpaired) electrons. The maximum absolute atomic E-state index is 11.2. The molecule has 0 aliphatic heterocycles. The number of nitrogens with one attached hydrogen (secondary N) is 1. The van der Waals surface area contributed by atoms with Crippen LogP contribution in [0.1, 0.15) is 90.9 Å². The number of rotatable bonds is 12. The second kappa shape index (κ2) is 14.4. The zero-order chi connectivity index (χ0) is 15.1. The molecule has 0 bridgehead atoms. The Balaban J connectivity index is 3.12. The first kappa shape index (κ1) is 18.9. The molecule has 0 aromatic carbocycles. The SMILES string of the molecule is CCCCCCCCCCCCCC(=O)ONC(C)=O. The number of carbonyl (C=O) groups is 2. The van der Waals surface area contributed by atoms with Gasteiger partial charge in [0.05, 0.1) is 0 Å². The topological polar surface area (TPSA) is 55.4 Å². The van der Waals surface area contributed by atoms with E-state index < -0.39 is 0 Å². The lowest BCUT2D eigenvalue weighted by atomic mass is 10.1. The molecule has 0 unspecified atom stereocenters. The number of unbranched alkanes of at least 4 members (excludes halogenated alkanes) is 10. The molecule has 1 amide bonds. The first-order chi connectivity index (χ1) is 9.66. The normalized spacial score (nSPS) is 10.3. The zero-order valence-electron chi connectivity index (χ0n) is 13.2. The average Bonchev–Trinajstić information content (AvgIpc) is 2.42. The van der Waals surface area contributed by atoms with Gasteiger partial charge in [0.1, 0.15) is 0 Å².